The van der Waals surface area contributed by atoms with Crippen molar-refractivity contribution in [2.75, 3.05) is 25.2 Å². The van der Waals surface area contributed by atoms with Crippen LogP contribution in [-0.2, 0) is 17.5 Å². The first kappa shape index (κ1) is 28.8. The number of ether oxygens (including phenoxy) is 2. The van der Waals surface area contributed by atoms with Crippen LogP contribution in [0.25, 0.3) is 0 Å². The molecule has 1 fully saturated rings. The Labute approximate surface area is 219 Å². The molecule has 2 heterocycles. The van der Waals surface area contributed by atoms with E-state index in [1.807, 2.05) is 18.7 Å². The number of benzene rings is 1. The summed E-state index contributed by atoms with van der Waals surface area (Å²) in [5.41, 5.74) is -0.484. The van der Waals surface area contributed by atoms with Gasteiger partial charge in [0.25, 0.3) is 0 Å². The summed E-state index contributed by atoms with van der Waals surface area (Å²) in [6, 6.07) is 2.76. The summed E-state index contributed by atoms with van der Waals surface area (Å²) >= 11 is 6.05. The zero-order chi connectivity index (χ0) is 27.2. The molecule has 0 radical (unpaired) electrons. The molecule has 1 saturated heterocycles. The molecule has 2 atom stereocenters. The maximum Gasteiger partial charge on any atom is 0.416 e. The van der Waals surface area contributed by atoms with Gasteiger partial charge in [0.1, 0.15) is 6.61 Å². The zero-order valence-corrected chi connectivity index (χ0v) is 21.8. The number of likely N-dealkylation sites (tertiary alicyclic amines) is 1. The van der Waals surface area contributed by atoms with Gasteiger partial charge in [0.2, 0.25) is 5.95 Å². The molecule has 1 aromatic heterocycles. The van der Waals surface area contributed by atoms with Crippen LogP contribution in [0.1, 0.15) is 50.7 Å². The van der Waals surface area contributed by atoms with E-state index in [1.54, 1.807) is 7.11 Å². The van der Waals surface area contributed by atoms with Crippen molar-refractivity contribution >= 4 is 23.6 Å². The first-order chi connectivity index (χ1) is 17.6. The quantitative estimate of drug-likeness (QED) is 0.374. The van der Waals surface area contributed by atoms with Crippen molar-refractivity contribution in [1.82, 2.24) is 14.9 Å². The third-order valence-electron chi connectivity index (χ3n) is 6.54. The van der Waals surface area contributed by atoms with Crippen LogP contribution in [0.15, 0.2) is 30.6 Å². The molecule has 37 heavy (non-hydrogen) atoms. The van der Waals surface area contributed by atoms with E-state index in [0.717, 1.165) is 12.1 Å². The SMILES string of the molecule is CCC1CC(N(Cc2cc(Cl)cc(C(F)(F)F)c2)c2ncc(OCCOC)cn2)CC(CC)N1C(=O)O. The first-order valence-electron chi connectivity index (χ1n) is 12.2. The maximum atomic E-state index is 13.5. The molecule has 1 aromatic carbocycles. The molecule has 1 aliphatic heterocycles. The molecule has 2 aromatic rings. The third-order valence-corrected chi connectivity index (χ3v) is 6.76. The highest BCUT2D eigenvalue weighted by molar-refractivity contribution is 6.30. The number of nitrogens with zero attached hydrogens (tertiary/aromatic N) is 4. The smallest absolute Gasteiger partial charge is 0.416 e. The number of carbonyl (C=O) groups is 1. The van der Waals surface area contributed by atoms with E-state index in [1.165, 1.54) is 23.4 Å². The van der Waals surface area contributed by atoms with Crippen LogP contribution >= 0.6 is 11.6 Å². The lowest BCUT2D eigenvalue weighted by Gasteiger charge is -2.46. The minimum absolute atomic E-state index is 0.0221. The Hall–Kier alpha value is -2.79. The zero-order valence-electron chi connectivity index (χ0n) is 21.0. The molecule has 0 spiro atoms. The van der Waals surface area contributed by atoms with Gasteiger partial charge >= 0.3 is 12.3 Å². The summed E-state index contributed by atoms with van der Waals surface area (Å²) in [5.74, 6) is 0.743. The number of carboxylic acid groups (broad SMARTS) is 1. The molecule has 1 aliphatic rings. The van der Waals surface area contributed by atoms with Gasteiger partial charge in [0.15, 0.2) is 5.75 Å². The number of amides is 1. The van der Waals surface area contributed by atoms with Crippen LogP contribution in [0.3, 0.4) is 0 Å². The fourth-order valence-corrected chi connectivity index (χ4v) is 5.04. The molecular weight excluding hydrogens is 513 g/mol. The van der Waals surface area contributed by atoms with E-state index in [-0.39, 0.29) is 29.7 Å². The topological polar surface area (TPSA) is 88.0 Å². The summed E-state index contributed by atoms with van der Waals surface area (Å²) in [4.78, 5) is 24.2. The number of alkyl halides is 3. The number of anilines is 1. The molecule has 1 amide bonds. The van der Waals surface area contributed by atoms with E-state index in [0.29, 0.717) is 56.2 Å². The summed E-state index contributed by atoms with van der Waals surface area (Å²) in [5, 5.41) is 9.80. The summed E-state index contributed by atoms with van der Waals surface area (Å²) in [6.07, 6.45) is -0.317. The van der Waals surface area contributed by atoms with Gasteiger partial charge in [0.05, 0.1) is 24.6 Å². The Balaban J connectivity index is 1.97. The predicted octanol–water partition coefficient (Wildman–Crippen LogP) is 5.88. The molecule has 0 aliphatic carbocycles. The Kier molecular flexibility index (Phi) is 9.83. The number of piperidine rings is 1. The molecule has 8 nitrogen and oxygen atoms in total. The van der Waals surface area contributed by atoms with E-state index < -0.39 is 17.8 Å². The number of methoxy groups -OCH3 is 1. The van der Waals surface area contributed by atoms with Crippen molar-refractivity contribution in [3.63, 3.8) is 0 Å². The molecule has 1 N–H and O–H groups in total. The Bertz CT molecular complexity index is 1030. The minimum Gasteiger partial charge on any atom is -0.488 e. The van der Waals surface area contributed by atoms with Gasteiger partial charge in [-0.15, -0.1) is 0 Å². The number of hydrogen-bond donors (Lipinski definition) is 1. The standard InChI is InChI=1S/C25H32ClF3N4O4/c1-4-19-11-21(12-20(5-2)33(19)24(34)35)32(23-30-13-22(14-31-23)37-7-6-36-3)15-16-8-17(25(27,28)29)10-18(26)9-16/h8-10,13-14,19-21H,4-7,11-12,15H2,1-3H3,(H,34,35). The summed E-state index contributed by atoms with van der Waals surface area (Å²) in [6.45, 7) is 4.63. The van der Waals surface area contributed by atoms with Gasteiger partial charge in [-0.05, 0) is 49.4 Å². The second-order valence-corrected chi connectivity index (χ2v) is 9.41. The predicted molar refractivity (Wildman–Crippen MR) is 133 cm³/mol. The van der Waals surface area contributed by atoms with Crippen LogP contribution in [0.4, 0.5) is 23.9 Å². The normalized spacial score (nSPS) is 20.1. The van der Waals surface area contributed by atoms with Gasteiger partial charge in [-0.2, -0.15) is 13.2 Å². The van der Waals surface area contributed by atoms with Crippen LogP contribution in [0, 0.1) is 0 Å². The third kappa shape index (κ3) is 7.38. The summed E-state index contributed by atoms with van der Waals surface area (Å²) in [7, 11) is 1.56. The fraction of sp³-hybridized carbons (Fsp3) is 0.560. The molecule has 0 bridgehead atoms. The van der Waals surface area contributed by atoms with Crippen molar-refractivity contribution in [2.45, 2.75) is 70.4 Å². The monoisotopic (exact) mass is 544 g/mol. The van der Waals surface area contributed by atoms with Gasteiger partial charge in [-0.1, -0.05) is 25.4 Å². The Morgan fingerprint density at radius 2 is 1.76 bits per heavy atom. The van der Waals surface area contributed by atoms with E-state index in [2.05, 4.69) is 9.97 Å². The second-order valence-electron chi connectivity index (χ2n) is 8.97. The van der Waals surface area contributed by atoms with Crippen molar-refractivity contribution in [3.05, 3.63) is 46.7 Å². The Morgan fingerprint density at radius 3 is 2.27 bits per heavy atom. The number of rotatable bonds is 10. The van der Waals surface area contributed by atoms with Crippen molar-refractivity contribution in [3.8, 4) is 5.75 Å². The van der Waals surface area contributed by atoms with Gasteiger partial charge in [-0.25, -0.2) is 14.8 Å². The van der Waals surface area contributed by atoms with Crippen LogP contribution < -0.4 is 9.64 Å². The average Bonchev–Trinajstić information content (AvgIpc) is 2.86. The summed E-state index contributed by atoms with van der Waals surface area (Å²) < 4.78 is 50.9. The lowest BCUT2D eigenvalue weighted by atomic mass is 9.87. The lowest BCUT2D eigenvalue weighted by Crippen LogP contribution is -2.56. The van der Waals surface area contributed by atoms with Crippen LogP contribution in [0.5, 0.6) is 5.75 Å². The fourth-order valence-electron chi connectivity index (χ4n) is 4.78. The molecule has 0 saturated carbocycles. The first-order valence-corrected chi connectivity index (χ1v) is 12.5. The van der Waals surface area contributed by atoms with E-state index >= 15 is 0 Å². The van der Waals surface area contributed by atoms with E-state index in [9.17, 15) is 23.1 Å². The minimum atomic E-state index is -4.55. The lowest BCUT2D eigenvalue weighted by molar-refractivity contribution is -0.137. The molecule has 2 unspecified atom stereocenters. The highest BCUT2D eigenvalue weighted by Gasteiger charge is 2.40. The van der Waals surface area contributed by atoms with Crippen molar-refractivity contribution in [1.29, 1.82) is 0 Å². The van der Waals surface area contributed by atoms with Crippen LogP contribution in [0.2, 0.25) is 5.02 Å². The largest absolute Gasteiger partial charge is 0.488 e. The van der Waals surface area contributed by atoms with Gasteiger partial charge in [-0.3, -0.25) is 0 Å². The van der Waals surface area contributed by atoms with Gasteiger partial charge in [0, 0.05) is 36.8 Å². The second kappa shape index (κ2) is 12.6. The van der Waals surface area contributed by atoms with Crippen molar-refractivity contribution in [2.24, 2.45) is 0 Å². The van der Waals surface area contributed by atoms with Crippen LogP contribution in [-0.4, -0.2) is 64.5 Å². The van der Waals surface area contributed by atoms with Gasteiger partial charge < -0.3 is 24.4 Å². The Morgan fingerprint density at radius 1 is 1.14 bits per heavy atom. The molecule has 12 heteroatoms. The average molecular weight is 545 g/mol. The molecule has 204 valence electrons. The van der Waals surface area contributed by atoms with E-state index in [4.69, 9.17) is 21.1 Å². The number of hydrogen-bond acceptors (Lipinski definition) is 6. The highest BCUT2D eigenvalue weighted by atomic mass is 35.5. The number of aromatic nitrogens is 2. The number of halogens is 4. The van der Waals surface area contributed by atoms with Crippen molar-refractivity contribution < 1.29 is 32.5 Å². The molecular formula is C25H32ClF3N4O4. The molecule has 3 rings (SSSR count). The highest BCUT2D eigenvalue weighted by Crippen LogP contribution is 2.35. The maximum absolute atomic E-state index is 13.5.